The second-order valence-corrected chi connectivity index (χ2v) is 8.54. The number of nitrogens with two attached hydrogens (primary N) is 1. The molecule has 154 valence electrons. The zero-order valence-corrected chi connectivity index (χ0v) is 17.6. The summed E-state index contributed by atoms with van der Waals surface area (Å²) in [4.78, 5) is 15.4. The Morgan fingerprint density at radius 1 is 1.17 bits per heavy atom. The van der Waals surface area contributed by atoms with E-state index in [0.29, 0.717) is 11.4 Å². The molecule has 1 aliphatic carbocycles. The lowest BCUT2D eigenvalue weighted by atomic mass is 9.86. The number of hydrogen-bond acceptors (Lipinski definition) is 4. The number of amides is 1. The fraction of sp³-hybridized carbons (Fsp3) is 0.280. The average Bonchev–Trinajstić information content (AvgIpc) is 2.98. The zero-order valence-electron chi connectivity index (χ0n) is 17.6. The van der Waals surface area contributed by atoms with Crippen molar-refractivity contribution < 1.29 is 9.53 Å². The molecular weight excluding hydrogens is 374 g/mol. The molecule has 2 unspecified atom stereocenters. The molecule has 0 spiro atoms. The number of carbonyl (C=O) groups excluding carboxylic acids is 1. The Morgan fingerprint density at radius 3 is 2.60 bits per heavy atom. The van der Waals surface area contributed by atoms with E-state index in [1.807, 2.05) is 12.1 Å². The number of pyridine rings is 1. The van der Waals surface area contributed by atoms with E-state index >= 15 is 0 Å². The van der Waals surface area contributed by atoms with Crippen LogP contribution < -0.4 is 15.8 Å². The van der Waals surface area contributed by atoms with E-state index in [2.05, 4.69) is 67.5 Å². The quantitative estimate of drug-likeness (QED) is 0.606. The number of benzene rings is 2. The molecule has 1 aliphatic rings. The monoisotopic (exact) mass is 401 g/mol. The van der Waals surface area contributed by atoms with Crippen LogP contribution in [0.1, 0.15) is 66.3 Å². The van der Waals surface area contributed by atoms with Gasteiger partial charge in [-0.15, -0.1) is 0 Å². The Labute approximate surface area is 177 Å². The molecular formula is C25H27N3O2. The number of nitrogens with one attached hydrogen (secondary N) is 1. The smallest absolute Gasteiger partial charge is 0.250 e. The van der Waals surface area contributed by atoms with E-state index in [0.717, 1.165) is 12.2 Å². The van der Waals surface area contributed by atoms with Gasteiger partial charge in [-0.3, -0.25) is 4.79 Å². The molecule has 1 amide bonds. The van der Waals surface area contributed by atoms with Crippen LogP contribution in [0.25, 0.3) is 0 Å². The van der Waals surface area contributed by atoms with Crippen LogP contribution in [0, 0.1) is 0 Å². The van der Waals surface area contributed by atoms with Gasteiger partial charge in [-0.25, -0.2) is 4.98 Å². The van der Waals surface area contributed by atoms with Gasteiger partial charge >= 0.3 is 0 Å². The number of primary amides is 1. The summed E-state index contributed by atoms with van der Waals surface area (Å²) in [6, 6.07) is 20.6. The topological polar surface area (TPSA) is 77.2 Å². The Hall–Kier alpha value is -3.18. The lowest BCUT2D eigenvalue weighted by molar-refractivity contribution is 0.1000. The van der Waals surface area contributed by atoms with Gasteiger partial charge in [0.15, 0.2) is 0 Å². The molecule has 5 nitrogen and oxygen atoms in total. The number of carbonyl (C=O) groups is 1. The van der Waals surface area contributed by atoms with Crippen molar-refractivity contribution in [3.8, 4) is 11.6 Å². The van der Waals surface area contributed by atoms with Crippen LogP contribution in [0.15, 0.2) is 66.9 Å². The number of ether oxygens (including phenoxy) is 1. The van der Waals surface area contributed by atoms with Crippen molar-refractivity contribution >= 4 is 5.91 Å². The molecule has 0 aliphatic heterocycles. The minimum absolute atomic E-state index is 0.0338. The predicted molar refractivity (Wildman–Crippen MR) is 118 cm³/mol. The molecule has 0 saturated carbocycles. The van der Waals surface area contributed by atoms with Gasteiger partial charge in [0, 0.05) is 24.3 Å². The van der Waals surface area contributed by atoms with Gasteiger partial charge < -0.3 is 15.8 Å². The fourth-order valence-corrected chi connectivity index (χ4v) is 4.21. The molecule has 0 saturated heterocycles. The minimum atomic E-state index is -0.503. The molecule has 3 N–H and O–H groups in total. The van der Waals surface area contributed by atoms with Crippen molar-refractivity contribution in [1.82, 2.24) is 10.3 Å². The van der Waals surface area contributed by atoms with Gasteiger partial charge in [0.25, 0.3) is 0 Å². The van der Waals surface area contributed by atoms with E-state index in [-0.39, 0.29) is 17.5 Å². The molecule has 0 radical (unpaired) electrons. The maximum atomic E-state index is 11.2. The Bertz CT molecular complexity index is 1050. The van der Waals surface area contributed by atoms with E-state index in [1.165, 1.54) is 22.9 Å². The van der Waals surface area contributed by atoms with Crippen molar-refractivity contribution in [1.29, 1.82) is 0 Å². The molecule has 0 fully saturated rings. The van der Waals surface area contributed by atoms with Crippen molar-refractivity contribution in [2.75, 3.05) is 0 Å². The predicted octanol–water partition coefficient (Wildman–Crippen LogP) is 5.05. The van der Waals surface area contributed by atoms with Crippen molar-refractivity contribution in [2.45, 2.75) is 44.7 Å². The molecule has 2 aromatic carbocycles. The molecule has 3 aromatic rings. The molecule has 1 aromatic heterocycles. The Balaban J connectivity index is 1.54. The third-order valence-electron chi connectivity index (χ3n) is 5.84. The second-order valence-electron chi connectivity index (χ2n) is 8.54. The maximum absolute atomic E-state index is 11.2. The van der Waals surface area contributed by atoms with E-state index < -0.39 is 5.91 Å². The zero-order chi connectivity index (χ0) is 21.3. The highest BCUT2D eigenvalue weighted by Gasteiger charge is 2.37. The first-order valence-electron chi connectivity index (χ1n) is 10.2. The standard InChI is InChI=1S/C25H27N3O2/c1-16(17-7-5-4-6-8-17)28-22-14-25(2,3)21-13-19(10-11-20(21)22)30-23-12-9-18(15-27-23)24(26)29/h4-13,15-16,22,28H,14H2,1-3H3,(H2,26,29). The minimum Gasteiger partial charge on any atom is -0.439 e. The van der Waals surface area contributed by atoms with E-state index in [4.69, 9.17) is 10.5 Å². The summed E-state index contributed by atoms with van der Waals surface area (Å²) in [6.07, 6.45) is 2.45. The summed E-state index contributed by atoms with van der Waals surface area (Å²) in [5.74, 6) is 0.664. The van der Waals surface area contributed by atoms with Crippen LogP contribution >= 0.6 is 0 Å². The van der Waals surface area contributed by atoms with E-state index in [1.54, 1.807) is 12.1 Å². The van der Waals surface area contributed by atoms with Crippen LogP contribution in [0.3, 0.4) is 0 Å². The number of rotatable bonds is 6. The highest BCUT2D eigenvalue weighted by molar-refractivity contribution is 5.92. The summed E-state index contributed by atoms with van der Waals surface area (Å²) in [6.45, 7) is 6.74. The Kier molecular flexibility index (Phi) is 5.31. The van der Waals surface area contributed by atoms with E-state index in [9.17, 15) is 4.79 Å². The van der Waals surface area contributed by atoms with Gasteiger partial charge in [-0.2, -0.15) is 0 Å². The van der Waals surface area contributed by atoms with Crippen molar-refractivity contribution in [3.05, 3.63) is 89.1 Å². The normalized spacial score (nSPS) is 17.9. The van der Waals surface area contributed by atoms with Gasteiger partial charge in [0.1, 0.15) is 5.75 Å². The summed E-state index contributed by atoms with van der Waals surface area (Å²) < 4.78 is 5.93. The van der Waals surface area contributed by atoms with Crippen LogP contribution in [0.2, 0.25) is 0 Å². The summed E-state index contributed by atoms with van der Waals surface area (Å²) in [5, 5.41) is 3.80. The Morgan fingerprint density at radius 2 is 1.93 bits per heavy atom. The van der Waals surface area contributed by atoms with Crippen molar-refractivity contribution in [3.63, 3.8) is 0 Å². The van der Waals surface area contributed by atoms with Gasteiger partial charge in [0.2, 0.25) is 11.8 Å². The van der Waals surface area contributed by atoms with Crippen molar-refractivity contribution in [2.24, 2.45) is 5.73 Å². The molecule has 5 heteroatoms. The third kappa shape index (κ3) is 4.07. The number of fused-ring (bicyclic) bond motifs is 1. The van der Waals surface area contributed by atoms with Crippen LogP contribution in [0.4, 0.5) is 0 Å². The first-order valence-corrected chi connectivity index (χ1v) is 10.2. The average molecular weight is 402 g/mol. The SMILES string of the molecule is CC(NC1CC(C)(C)c2cc(Oc3ccc(C(N)=O)cn3)ccc21)c1ccccc1. The van der Waals surface area contributed by atoms with Gasteiger partial charge in [-0.05, 0) is 53.6 Å². The third-order valence-corrected chi connectivity index (χ3v) is 5.84. The summed E-state index contributed by atoms with van der Waals surface area (Å²) in [5.41, 5.74) is 9.54. The fourth-order valence-electron chi connectivity index (χ4n) is 4.21. The van der Waals surface area contributed by atoms with Gasteiger partial charge in [0.05, 0.1) is 5.56 Å². The maximum Gasteiger partial charge on any atom is 0.250 e. The van der Waals surface area contributed by atoms with Crippen LogP contribution in [-0.4, -0.2) is 10.9 Å². The first-order chi connectivity index (χ1) is 14.3. The first kappa shape index (κ1) is 20.1. The van der Waals surface area contributed by atoms with Crippen LogP contribution in [-0.2, 0) is 5.41 Å². The highest BCUT2D eigenvalue weighted by Crippen LogP contribution is 2.46. The van der Waals surface area contributed by atoms with Gasteiger partial charge in [-0.1, -0.05) is 50.2 Å². The molecule has 0 bridgehead atoms. The van der Waals surface area contributed by atoms with Crippen LogP contribution in [0.5, 0.6) is 11.6 Å². The number of aromatic nitrogens is 1. The largest absolute Gasteiger partial charge is 0.439 e. The molecule has 2 atom stereocenters. The number of nitrogens with zero attached hydrogens (tertiary/aromatic N) is 1. The summed E-state index contributed by atoms with van der Waals surface area (Å²) >= 11 is 0. The highest BCUT2D eigenvalue weighted by atomic mass is 16.5. The lowest BCUT2D eigenvalue weighted by Gasteiger charge is -2.22. The lowest BCUT2D eigenvalue weighted by Crippen LogP contribution is -2.24. The molecule has 4 rings (SSSR count). The number of hydrogen-bond donors (Lipinski definition) is 2. The summed E-state index contributed by atoms with van der Waals surface area (Å²) in [7, 11) is 0. The molecule has 1 heterocycles. The molecule has 30 heavy (non-hydrogen) atoms. The second kappa shape index (κ2) is 7.92.